The number of aromatic nitrogens is 12. The summed E-state index contributed by atoms with van der Waals surface area (Å²) in [7, 11) is 0. The van der Waals surface area contributed by atoms with Crippen molar-refractivity contribution in [3.8, 4) is 89.5 Å². The molecule has 724 valence electrons. The van der Waals surface area contributed by atoms with E-state index >= 15 is 0 Å². The maximum Gasteiger partial charge on any atom is 0.269 e. The van der Waals surface area contributed by atoms with E-state index in [4.69, 9.17) is 11.6 Å². The van der Waals surface area contributed by atoms with Gasteiger partial charge in [0.1, 0.15) is 46.0 Å². The van der Waals surface area contributed by atoms with Crippen LogP contribution in [0.25, 0.3) is 112 Å². The van der Waals surface area contributed by atoms with Gasteiger partial charge in [0, 0.05) is 154 Å². The molecule has 4 amide bonds. The van der Waals surface area contributed by atoms with Crippen molar-refractivity contribution in [3.63, 3.8) is 0 Å². The number of carbonyl (C=O) groups is 4. The zero-order valence-corrected chi connectivity index (χ0v) is 80.7. The summed E-state index contributed by atoms with van der Waals surface area (Å²) in [6.45, 7) is 17.2. The second-order valence-corrected chi connectivity index (χ2v) is 39.8. The zero-order valence-electron chi connectivity index (χ0n) is 80.0. The number of fused-ring (bicyclic) bond motifs is 8. The van der Waals surface area contributed by atoms with Crippen LogP contribution in [0, 0.1) is 44.0 Å². The Labute approximate surface area is 826 Å². The second kappa shape index (κ2) is 40.2. The Morgan fingerprint density at radius 3 is 1.03 bits per heavy atom. The predicted molar refractivity (Wildman–Crippen MR) is 544 cm³/mol. The van der Waals surface area contributed by atoms with E-state index in [2.05, 4.69) is 81.0 Å². The van der Waals surface area contributed by atoms with Crippen molar-refractivity contribution in [2.45, 2.75) is 159 Å². The summed E-state index contributed by atoms with van der Waals surface area (Å²) in [5, 5.41) is 21.6. The second-order valence-electron chi connectivity index (χ2n) is 39.4. The van der Waals surface area contributed by atoms with Gasteiger partial charge in [-0.1, -0.05) is 35.9 Å². The molecule has 8 aliphatic rings. The van der Waals surface area contributed by atoms with E-state index in [-0.39, 0.29) is 68.3 Å². The van der Waals surface area contributed by atoms with Crippen molar-refractivity contribution in [1.29, 1.82) is 0 Å². The highest BCUT2D eigenvalue weighted by Gasteiger charge is 2.48. The molecule has 4 aromatic carbocycles. The number of hydrogen-bond donors (Lipinski definition) is 4. The molecule has 12 aromatic heterocycles. The predicted octanol–water partition coefficient (Wildman–Crippen LogP) is 20.6. The standard InChI is InChI=1S/2C29H30FN5O.C28H28FN5O.C27H25ClFN5O/c1-20-17-21(6-8-24(20)30)27-23(5-2-13-31-27)22-7-9-26-33-18-25(35(26)19-22)28(36)32-14-12-29-10-3-15-34(29)16-4-11-29;1-20-17-22(6-7-25(20)30)27-23(5-2-12-31-27)21-8-16-35-26(18-21)24(19-33-35)28(36)32-13-11-29-9-3-14-34(29)15-4-10-29;1-19-15-21(6-7-24(19)29)26-22(5-2-11-30-26)20-8-14-34-25(16-20)23(17-32-34)27(35)31-18-28-9-3-12-33(28)13-4-10-28;28-21-14-18(5-7-22(21)29)25-20(4-1-11-30-25)19-6-8-24-31-15-23(34(24)16-19)26(35)32-17-27-9-2-12-33(27)13-3-10-27/h2,5-9,13,17-19H,3-4,10-12,14-16H2,1H3,(H,32,36);2,5-8,12,16-19H,3-4,9-11,13-15H2,1H3,(H,32,36);2,5-8,11,14-17H,3-4,9-10,12-13,18H2,1H3,(H,31,35);1,4-8,11,14-16H,2-3,9-10,12-13,17H2,(H,32,35). The smallest absolute Gasteiger partial charge is 0.269 e. The van der Waals surface area contributed by atoms with Gasteiger partial charge in [0.05, 0.1) is 74.7 Å². The Hall–Kier alpha value is -14.0. The number of nitrogens with one attached hydrogen (secondary N) is 4. The van der Waals surface area contributed by atoms with E-state index in [0.29, 0.717) is 87.9 Å². The molecule has 0 unspecified atom stereocenters. The quantitative estimate of drug-likeness (QED) is 0.0460. The lowest BCUT2D eigenvalue weighted by molar-refractivity contribution is 0.0909. The number of rotatable bonds is 22. The van der Waals surface area contributed by atoms with Gasteiger partial charge >= 0.3 is 0 Å². The first kappa shape index (κ1) is 94.2. The molecule has 0 spiro atoms. The molecule has 16 aromatic rings. The third-order valence-corrected chi connectivity index (χ3v) is 31.4. The molecule has 0 saturated carbocycles. The fourth-order valence-electron chi connectivity index (χ4n) is 23.7. The van der Waals surface area contributed by atoms with Gasteiger partial charge in [0.15, 0.2) is 0 Å². The minimum absolute atomic E-state index is 0.0469. The van der Waals surface area contributed by atoms with Crippen LogP contribution >= 0.6 is 11.6 Å². The molecule has 0 bridgehead atoms. The van der Waals surface area contributed by atoms with Gasteiger partial charge in [-0.3, -0.25) is 67.5 Å². The number of hydrogen-bond acceptors (Lipinski definition) is 16. The van der Waals surface area contributed by atoms with E-state index in [9.17, 15) is 36.7 Å². The summed E-state index contributed by atoms with van der Waals surface area (Å²) in [6, 6.07) is 50.7. The lowest BCUT2D eigenvalue weighted by Gasteiger charge is -2.32. The molecule has 8 fully saturated rings. The highest BCUT2D eigenvalue weighted by molar-refractivity contribution is 6.31. The normalized spacial score (nSPS) is 17.0. The molecule has 4 N–H and O–H groups in total. The maximum absolute atomic E-state index is 13.9. The van der Waals surface area contributed by atoms with E-state index in [1.165, 1.54) is 127 Å². The minimum atomic E-state index is -0.471. The molecule has 0 aliphatic carbocycles. The molecule has 8 saturated heterocycles. The van der Waals surface area contributed by atoms with Crippen LogP contribution in [0.2, 0.25) is 5.02 Å². The Kier molecular flexibility index (Phi) is 26.7. The summed E-state index contributed by atoms with van der Waals surface area (Å²) in [5.74, 6) is -1.60. The van der Waals surface area contributed by atoms with E-state index < -0.39 is 5.82 Å². The van der Waals surface area contributed by atoms with Crippen LogP contribution in [0.3, 0.4) is 0 Å². The van der Waals surface area contributed by atoms with Gasteiger partial charge in [-0.25, -0.2) is 36.6 Å². The minimum Gasteiger partial charge on any atom is -0.352 e. The van der Waals surface area contributed by atoms with Gasteiger partial charge in [-0.15, -0.1) is 0 Å². The van der Waals surface area contributed by atoms with Gasteiger partial charge < -0.3 is 21.3 Å². The van der Waals surface area contributed by atoms with Crippen molar-refractivity contribution in [2.75, 3.05) is 78.5 Å². The summed E-state index contributed by atoms with van der Waals surface area (Å²) >= 11 is 6.03. The van der Waals surface area contributed by atoms with Crippen molar-refractivity contribution < 1.29 is 36.7 Å². The van der Waals surface area contributed by atoms with E-state index in [1.54, 1.807) is 110 Å². The number of carbonyl (C=O) groups excluding carboxylic acids is 4. The average Bonchev–Trinajstić information content (AvgIpc) is 1.35. The van der Waals surface area contributed by atoms with Gasteiger partial charge in [-0.2, -0.15) is 10.2 Å². The Morgan fingerprint density at radius 2 is 0.655 bits per heavy atom. The first-order chi connectivity index (χ1) is 69.2. The number of pyridine rings is 8. The lowest BCUT2D eigenvalue weighted by atomic mass is 9.90. The lowest BCUT2D eigenvalue weighted by Crippen LogP contribution is -2.48. The fraction of sp³-hybridized carbons (Fsp3) is 0.327. The van der Waals surface area contributed by atoms with Crippen LogP contribution in [-0.2, 0) is 0 Å². The first-order valence-electron chi connectivity index (χ1n) is 49.7. The topological polar surface area (TPSA) is 250 Å². The zero-order chi connectivity index (χ0) is 97.4. The summed E-state index contributed by atoms with van der Waals surface area (Å²) in [4.78, 5) is 90.3. The molecule has 8 aliphatic heterocycles. The van der Waals surface area contributed by atoms with Crippen LogP contribution in [-0.4, -0.2) is 202 Å². The number of nitrogens with zero attached hydrogens (tertiary/aromatic N) is 16. The Bertz CT molecular complexity index is 7020. The summed E-state index contributed by atoms with van der Waals surface area (Å²) in [5.41, 5.74) is 21.0. The number of aryl methyl sites for hydroxylation is 3. The van der Waals surface area contributed by atoms with Crippen LogP contribution in [0.5, 0.6) is 0 Å². The molecule has 24 rings (SSSR count). The monoisotopic (exact) mass is 1920 g/mol. The summed E-state index contributed by atoms with van der Waals surface area (Å²) < 4.78 is 62.4. The highest BCUT2D eigenvalue weighted by atomic mass is 35.5. The van der Waals surface area contributed by atoms with Gasteiger partial charge in [0.25, 0.3) is 23.6 Å². The average molecular weight is 1930 g/mol. The van der Waals surface area contributed by atoms with Gasteiger partial charge in [0.2, 0.25) is 0 Å². The molecule has 24 nitrogen and oxygen atoms in total. The highest BCUT2D eigenvalue weighted by Crippen LogP contribution is 2.46. The van der Waals surface area contributed by atoms with Crippen molar-refractivity contribution in [1.82, 2.24) is 98.8 Å². The van der Waals surface area contributed by atoms with Crippen LogP contribution < -0.4 is 21.3 Å². The molecular formula is C113H113ClF4N20O4. The fourth-order valence-corrected chi connectivity index (χ4v) is 23.9. The molecule has 29 heteroatoms. The van der Waals surface area contributed by atoms with Gasteiger partial charge in [-0.05, 0) is 362 Å². The van der Waals surface area contributed by atoms with E-state index in [1.807, 2.05) is 149 Å². The van der Waals surface area contributed by atoms with Crippen LogP contribution in [0.15, 0.2) is 244 Å². The van der Waals surface area contributed by atoms with Crippen LogP contribution in [0.4, 0.5) is 17.6 Å². The third-order valence-electron chi connectivity index (χ3n) is 31.1. The molecule has 20 heterocycles. The van der Waals surface area contributed by atoms with Crippen molar-refractivity contribution in [3.05, 3.63) is 312 Å². The molecular weight excluding hydrogens is 1810 g/mol. The molecule has 0 atom stereocenters. The maximum atomic E-state index is 13.9. The van der Waals surface area contributed by atoms with Crippen molar-refractivity contribution in [2.24, 2.45) is 0 Å². The third kappa shape index (κ3) is 18.7. The van der Waals surface area contributed by atoms with Crippen molar-refractivity contribution >= 4 is 57.6 Å². The van der Waals surface area contributed by atoms with Crippen LogP contribution in [0.1, 0.15) is 174 Å². The molecule has 0 radical (unpaired) electrons. The molecule has 142 heavy (non-hydrogen) atoms. The number of imidazole rings is 2. The Balaban J connectivity index is 0.000000112. The SMILES string of the molecule is Cc1cc(-c2ncccc2-c2ccc3ncc(C(=O)NCCC45CCCN4CCC5)n3c2)ccc1F.Cc1cc(-c2ncccc2-c2ccn3ncc(C(=O)NCC45CCCN4CCC5)c3c2)ccc1F.Cc1cc(-c2ncccc2-c2ccn3ncc(C(=O)NCCC45CCCN4CCC5)c3c2)ccc1F.O=C(NCC12CCCN1CCC2)c1cnc2ccc(-c3cccnc3-c3ccc(F)c(Cl)c3)cn12. The largest absolute Gasteiger partial charge is 0.352 e. The Morgan fingerprint density at radius 1 is 0.338 bits per heavy atom. The summed E-state index contributed by atoms with van der Waals surface area (Å²) in [6.07, 6.45) is 42.4. The number of benzene rings is 4. The number of halogens is 5. The first-order valence-corrected chi connectivity index (χ1v) is 50.1. The van der Waals surface area contributed by atoms with E-state index in [0.717, 1.165) is 154 Å². The number of amides is 4.